The molecule has 2 aliphatic rings. The average Bonchev–Trinajstić information content (AvgIpc) is 2.79. The van der Waals surface area contributed by atoms with Gasteiger partial charge in [0.15, 0.2) is 0 Å². The van der Waals surface area contributed by atoms with Gasteiger partial charge >= 0.3 is 0 Å². The van der Waals surface area contributed by atoms with Crippen molar-refractivity contribution in [1.29, 1.82) is 0 Å². The lowest BCUT2D eigenvalue weighted by atomic mass is 9.89. The summed E-state index contributed by atoms with van der Waals surface area (Å²) in [5, 5.41) is 3.61. The molecule has 1 N–H and O–H groups in total. The molecule has 0 bridgehead atoms. The second-order valence-corrected chi connectivity index (χ2v) is 6.71. The van der Waals surface area contributed by atoms with Crippen LogP contribution in [0.4, 0.5) is 0 Å². The predicted molar refractivity (Wildman–Crippen MR) is 80.4 cm³/mol. The van der Waals surface area contributed by atoms with Crippen molar-refractivity contribution in [2.45, 2.75) is 39.5 Å². The Hall–Kier alpha value is -0.120. The lowest BCUT2D eigenvalue weighted by Crippen LogP contribution is -2.35. The Morgan fingerprint density at radius 3 is 2.84 bits per heavy atom. The van der Waals surface area contributed by atoms with Crippen LogP contribution < -0.4 is 5.32 Å². The molecule has 2 saturated heterocycles. The minimum Gasteiger partial charge on any atom is -0.381 e. The van der Waals surface area contributed by atoms with Gasteiger partial charge in [-0.05, 0) is 56.5 Å². The number of nitrogens with zero attached hydrogens (tertiary/aromatic N) is 1. The Morgan fingerprint density at radius 2 is 2.11 bits per heavy atom. The summed E-state index contributed by atoms with van der Waals surface area (Å²) in [6, 6.07) is 0. The summed E-state index contributed by atoms with van der Waals surface area (Å²) < 4.78 is 5.40. The summed E-state index contributed by atoms with van der Waals surface area (Å²) in [6.07, 6.45) is 5.46. The van der Waals surface area contributed by atoms with Gasteiger partial charge in [-0.1, -0.05) is 13.8 Å². The first-order valence-corrected chi connectivity index (χ1v) is 8.26. The molecule has 3 heteroatoms. The molecule has 3 nitrogen and oxygen atoms in total. The van der Waals surface area contributed by atoms with Gasteiger partial charge in [0.1, 0.15) is 0 Å². The van der Waals surface area contributed by atoms with Gasteiger partial charge in [0.2, 0.25) is 0 Å². The van der Waals surface area contributed by atoms with E-state index in [-0.39, 0.29) is 0 Å². The van der Waals surface area contributed by atoms with Gasteiger partial charge in [0, 0.05) is 26.2 Å². The lowest BCUT2D eigenvalue weighted by molar-refractivity contribution is 0.185. The number of hydrogen-bond donors (Lipinski definition) is 1. The number of ether oxygens (including phenoxy) is 1. The van der Waals surface area contributed by atoms with Gasteiger partial charge in [0.05, 0.1) is 6.61 Å². The molecule has 112 valence electrons. The van der Waals surface area contributed by atoms with Gasteiger partial charge in [-0.15, -0.1) is 0 Å². The molecule has 2 atom stereocenters. The highest BCUT2D eigenvalue weighted by Crippen LogP contribution is 2.24. The summed E-state index contributed by atoms with van der Waals surface area (Å²) in [6.45, 7) is 12.8. The number of nitrogens with one attached hydrogen (secondary N) is 1. The van der Waals surface area contributed by atoms with E-state index in [0.717, 1.165) is 44.1 Å². The predicted octanol–water partition coefficient (Wildman–Crippen LogP) is 2.37. The van der Waals surface area contributed by atoms with Crippen LogP contribution in [0.2, 0.25) is 0 Å². The zero-order valence-corrected chi connectivity index (χ0v) is 12.9. The van der Waals surface area contributed by atoms with E-state index in [4.69, 9.17) is 4.74 Å². The molecular weight excluding hydrogens is 236 g/mol. The third-order valence-corrected chi connectivity index (χ3v) is 4.87. The van der Waals surface area contributed by atoms with E-state index < -0.39 is 0 Å². The van der Waals surface area contributed by atoms with Crippen molar-refractivity contribution in [1.82, 2.24) is 10.2 Å². The summed E-state index contributed by atoms with van der Waals surface area (Å²) in [7, 11) is 0. The SMILES string of the molecule is CC(C)C1CCCN(CCNCC2CCOC2)CC1. The first kappa shape index (κ1) is 15.3. The molecular formula is C16H32N2O. The monoisotopic (exact) mass is 268 g/mol. The van der Waals surface area contributed by atoms with Crippen LogP contribution in [-0.4, -0.2) is 50.8 Å². The van der Waals surface area contributed by atoms with Gasteiger partial charge < -0.3 is 15.0 Å². The van der Waals surface area contributed by atoms with Crippen molar-refractivity contribution >= 4 is 0 Å². The minimum atomic E-state index is 0.759. The Balaban J connectivity index is 1.55. The van der Waals surface area contributed by atoms with Crippen LogP contribution in [0.15, 0.2) is 0 Å². The maximum absolute atomic E-state index is 5.40. The van der Waals surface area contributed by atoms with Crippen LogP contribution >= 0.6 is 0 Å². The van der Waals surface area contributed by atoms with Gasteiger partial charge in [-0.25, -0.2) is 0 Å². The van der Waals surface area contributed by atoms with Gasteiger partial charge in [0.25, 0.3) is 0 Å². The molecule has 0 amide bonds. The smallest absolute Gasteiger partial charge is 0.0507 e. The zero-order valence-electron chi connectivity index (χ0n) is 12.9. The van der Waals surface area contributed by atoms with Crippen molar-refractivity contribution in [3.63, 3.8) is 0 Å². The van der Waals surface area contributed by atoms with E-state index >= 15 is 0 Å². The minimum absolute atomic E-state index is 0.759. The Kier molecular flexibility index (Phi) is 6.62. The maximum atomic E-state index is 5.40. The van der Waals surface area contributed by atoms with Crippen molar-refractivity contribution in [3.8, 4) is 0 Å². The van der Waals surface area contributed by atoms with E-state index in [1.54, 1.807) is 0 Å². The van der Waals surface area contributed by atoms with Crippen LogP contribution in [0.1, 0.15) is 39.5 Å². The second-order valence-electron chi connectivity index (χ2n) is 6.71. The third-order valence-electron chi connectivity index (χ3n) is 4.87. The molecule has 2 unspecified atom stereocenters. The van der Waals surface area contributed by atoms with E-state index in [1.165, 1.54) is 45.3 Å². The van der Waals surface area contributed by atoms with Crippen molar-refractivity contribution in [2.24, 2.45) is 17.8 Å². The molecule has 19 heavy (non-hydrogen) atoms. The highest BCUT2D eigenvalue weighted by molar-refractivity contribution is 4.73. The fourth-order valence-electron chi connectivity index (χ4n) is 3.36. The maximum Gasteiger partial charge on any atom is 0.0507 e. The van der Waals surface area contributed by atoms with Gasteiger partial charge in [-0.2, -0.15) is 0 Å². The zero-order chi connectivity index (χ0) is 13.5. The molecule has 2 aliphatic heterocycles. The van der Waals surface area contributed by atoms with E-state index in [0.29, 0.717) is 0 Å². The van der Waals surface area contributed by atoms with E-state index in [9.17, 15) is 0 Å². The van der Waals surface area contributed by atoms with Crippen LogP contribution in [0.5, 0.6) is 0 Å². The fraction of sp³-hybridized carbons (Fsp3) is 1.00. The average molecular weight is 268 g/mol. The van der Waals surface area contributed by atoms with Gasteiger partial charge in [-0.3, -0.25) is 0 Å². The molecule has 2 rings (SSSR count). The lowest BCUT2D eigenvalue weighted by Gasteiger charge is -2.21. The summed E-state index contributed by atoms with van der Waals surface area (Å²) in [5.41, 5.74) is 0. The molecule has 2 fully saturated rings. The van der Waals surface area contributed by atoms with Crippen LogP contribution in [0.25, 0.3) is 0 Å². The first-order valence-electron chi connectivity index (χ1n) is 8.26. The van der Waals surface area contributed by atoms with Crippen LogP contribution in [0.3, 0.4) is 0 Å². The topological polar surface area (TPSA) is 24.5 Å². The summed E-state index contributed by atoms with van der Waals surface area (Å²) in [5.74, 6) is 2.57. The molecule has 0 saturated carbocycles. The normalized spacial score (nSPS) is 29.8. The summed E-state index contributed by atoms with van der Waals surface area (Å²) >= 11 is 0. The van der Waals surface area contributed by atoms with E-state index in [1.807, 2.05) is 0 Å². The van der Waals surface area contributed by atoms with Crippen molar-refractivity contribution in [2.75, 3.05) is 45.9 Å². The second kappa shape index (κ2) is 8.23. The molecule has 0 aromatic carbocycles. The molecule has 2 heterocycles. The third kappa shape index (κ3) is 5.41. The number of likely N-dealkylation sites (tertiary alicyclic amines) is 1. The largest absolute Gasteiger partial charge is 0.381 e. The summed E-state index contributed by atoms with van der Waals surface area (Å²) in [4.78, 5) is 2.65. The molecule has 0 aliphatic carbocycles. The van der Waals surface area contributed by atoms with Crippen LogP contribution in [0, 0.1) is 17.8 Å². The van der Waals surface area contributed by atoms with Crippen molar-refractivity contribution < 1.29 is 4.74 Å². The highest BCUT2D eigenvalue weighted by Gasteiger charge is 2.19. The first-order chi connectivity index (χ1) is 9.25. The highest BCUT2D eigenvalue weighted by atomic mass is 16.5. The molecule has 0 aromatic heterocycles. The molecule has 0 radical (unpaired) electrons. The Bertz CT molecular complexity index is 239. The Labute approximate surface area is 119 Å². The van der Waals surface area contributed by atoms with Crippen LogP contribution in [-0.2, 0) is 4.74 Å². The number of rotatable bonds is 6. The fourth-order valence-corrected chi connectivity index (χ4v) is 3.36. The number of hydrogen-bond acceptors (Lipinski definition) is 3. The van der Waals surface area contributed by atoms with Crippen molar-refractivity contribution in [3.05, 3.63) is 0 Å². The molecule has 0 spiro atoms. The quantitative estimate of drug-likeness (QED) is 0.749. The standard InChI is InChI=1S/C16H32N2O/c1-14(2)16-4-3-8-18(9-5-16)10-7-17-12-15-6-11-19-13-15/h14-17H,3-13H2,1-2H3. The Morgan fingerprint density at radius 1 is 1.21 bits per heavy atom. The molecule has 0 aromatic rings. The van der Waals surface area contributed by atoms with E-state index in [2.05, 4.69) is 24.1 Å².